The fraction of sp³-hybridized carbons (Fsp3) is 0.387. The number of aryl methyl sites for hydroxylation is 1. The molecule has 0 heterocycles. The van der Waals surface area contributed by atoms with Crippen molar-refractivity contribution in [1.82, 2.24) is 10.2 Å². The van der Waals surface area contributed by atoms with Crippen LogP contribution in [0.5, 0.6) is 0 Å². The van der Waals surface area contributed by atoms with Gasteiger partial charge >= 0.3 is 6.09 Å². The molecule has 0 aliphatic carbocycles. The summed E-state index contributed by atoms with van der Waals surface area (Å²) in [5.41, 5.74) is 1.27. The molecule has 2 unspecified atom stereocenters. The predicted molar refractivity (Wildman–Crippen MR) is 153 cm³/mol. The predicted octanol–water partition coefficient (Wildman–Crippen LogP) is 5.20. The Hall–Kier alpha value is -3.91. The van der Waals surface area contributed by atoms with Gasteiger partial charge in [-0.1, -0.05) is 68.4 Å². The van der Waals surface area contributed by atoms with Crippen LogP contribution in [-0.4, -0.2) is 52.7 Å². The number of hydrogen-bond acceptors (Lipinski definition) is 5. The molecule has 39 heavy (non-hydrogen) atoms. The van der Waals surface area contributed by atoms with E-state index in [1.807, 2.05) is 61.5 Å². The summed E-state index contributed by atoms with van der Waals surface area (Å²) in [7, 11) is 0. The highest BCUT2D eigenvalue weighted by atomic mass is 16.6. The van der Waals surface area contributed by atoms with Crippen LogP contribution in [0.1, 0.15) is 51.8 Å². The summed E-state index contributed by atoms with van der Waals surface area (Å²) in [6.45, 7) is 10.2. The Morgan fingerprint density at radius 3 is 2.21 bits per heavy atom. The number of carbonyl (C=O) groups is 3. The van der Waals surface area contributed by atoms with E-state index >= 15 is 0 Å². The average Bonchev–Trinajstić information content (AvgIpc) is 2.86. The van der Waals surface area contributed by atoms with E-state index in [9.17, 15) is 19.5 Å². The van der Waals surface area contributed by atoms with E-state index in [0.717, 1.165) is 16.3 Å². The first-order valence-corrected chi connectivity index (χ1v) is 13.2. The number of benzene rings is 3. The number of aliphatic hydroxyl groups excluding tert-OH is 1. The van der Waals surface area contributed by atoms with E-state index in [0.29, 0.717) is 11.3 Å². The van der Waals surface area contributed by atoms with Crippen LogP contribution in [0.3, 0.4) is 0 Å². The summed E-state index contributed by atoms with van der Waals surface area (Å²) < 4.78 is 5.38. The number of carbonyl (C=O) groups excluding carboxylic acids is 3. The Morgan fingerprint density at radius 1 is 0.949 bits per heavy atom. The molecule has 3 amide bonds. The van der Waals surface area contributed by atoms with E-state index in [1.165, 1.54) is 4.90 Å². The van der Waals surface area contributed by atoms with E-state index in [2.05, 4.69) is 10.6 Å². The van der Waals surface area contributed by atoms with Gasteiger partial charge in [0.05, 0.1) is 6.61 Å². The van der Waals surface area contributed by atoms with Gasteiger partial charge in [0.15, 0.2) is 0 Å². The number of hydrogen-bond donors (Lipinski definition) is 3. The number of nitrogens with one attached hydrogen (secondary N) is 2. The van der Waals surface area contributed by atoms with Crippen molar-refractivity contribution in [2.75, 3.05) is 18.5 Å². The number of fused-ring (bicyclic) bond motifs is 1. The average molecular weight is 534 g/mol. The summed E-state index contributed by atoms with van der Waals surface area (Å²) in [5, 5.41) is 17.6. The fourth-order valence-electron chi connectivity index (χ4n) is 4.42. The largest absolute Gasteiger partial charge is 0.444 e. The molecule has 0 aliphatic rings. The monoisotopic (exact) mass is 533 g/mol. The van der Waals surface area contributed by atoms with Crippen LogP contribution in [-0.2, 0) is 14.3 Å². The van der Waals surface area contributed by atoms with Crippen molar-refractivity contribution in [2.24, 2.45) is 5.92 Å². The van der Waals surface area contributed by atoms with Gasteiger partial charge in [0.25, 0.3) is 5.91 Å². The molecule has 8 heteroatoms. The summed E-state index contributed by atoms with van der Waals surface area (Å²) in [4.78, 5) is 41.9. The van der Waals surface area contributed by atoms with Crippen molar-refractivity contribution in [3.8, 4) is 0 Å². The Morgan fingerprint density at radius 2 is 1.59 bits per heavy atom. The lowest BCUT2D eigenvalue weighted by Crippen LogP contribution is -2.55. The second-order valence-corrected chi connectivity index (χ2v) is 10.9. The normalized spacial score (nSPS) is 13.0. The van der Waals surface area contributed by atoms with Crippen LogP contribution in [0.4, 0.5) is 10.5 Å². The number of aliphatic hydroxyl groups is 1. The van der Waals surface area contributed by atoms with E-state index in [-0.39, 0.29) is 19.1 Å². The molecule has 0 aromatic heterocycles. The minimum Gasteiger partial charge on any atom is -0.444 e. The summed E-state index contributed by atoms with van der Waals surface area (Å²) in [6, 6.07) is 18.7. The third-order valence-corrected chi connectivity index (χ3v) is 6.29. The Kier molecular flexibility index (Phi) is 9.70. The van der Waals surface area contributed by atoms with E-state index < -0.39 is 35.6 Å². The van der Waals surface area contributed by atoms with Crippen molar-refractivity contribution >= 4 is 34.4 Å². The van der Waals surface area contributed by atoms with Gasteiger partial charge in [0.1, 0.15) is 17.7 Å². The summed E-state index contributed by atoms with van der Waals surface area (Å²) in [5.74, 6) is -1.24. The maximum Gasteiger partial charge on any atom is 0.408 e. The van der Waals surface area contributed by atoms with Crippen molar-refractivity contribution in [3.63, 3.8) is 0 Å². The molecule has 3 aromatic rings. The topological polar surface area (TPSA) is 108 Å². The van der Waals surface area contributed by atoms with Crippen LogP contribution in [0.2, 0.25) is 0 Å². The molecule has 0 radical (unpaired) electrons. The maximum atomic E-state index is 14.0. The zero-order chi connectivity index (χ0) is 28.7. The van der Waals surface area contributed by atoms with Crippen LogP contribution >= 0.6 is 0 Å². The zero-order valence-electron chi connectivity index (χ0n) is 23.5. The SMILES string of the molecule is Cc1ccccc1C(C(=O)Nc1ccc2ccccc2c1)N(CCO)C(=O)C(NC(=O)OC(C)(C)C)C(C)C. The zero-order valence-corrected chi connectivity index (χ0v) is 23.5. The molecule has 3 N–H and O–H groups in total. The van der Waals surface area contributed by atoms with Crippen LogP contribution in [0, 0.1) is 12.8 Å². The molecule has 208 valence electrons. The van der Waals surface area contributed by atoms with Crippen LogP contribution < -0.4 is 10.6 Å². The van der Waals surface area contributed by atoms with Gasteiger partial charge in [0.2, 0.25) is 5.91 Å². The van der Waals surface area contributed by atoms with Gasteiger partial charge in [-0.25, -0.2) is 4.79 Å². The Balaban J connectivity index is 2.00. The quantitative estimate of drug-likeness (QED) is 0.351. The number of ether oxygens (including phenoxy) is 1. The lowest BCUT2D eigenvalue weighted by atomic mass is 9.96. The lowest BCUT2D eigenvalue weighted by Gasteiger charge is -2.35. The molecule has 0 bridgehead atoms. The molecule has 3 rings (SSSR count). The molecule has 8 nitrogen and oxygen atoms in total. The first-order chi connectivity index (χ1) is 18.4. The van der Waals surface area contributed by atoms with Crippen molar-refractivity contribution in [2.45, 2.75) is 59.2 Å². The summed E-state index contributed by atoms with van der Waals surface area (Å²) in [6.07, 6.45) is -0.730. The first kappa shape index (κ1) is 29.6. The van der Waals surface area contributed by atoms with Crippen molar-refractivity contribution < 1.29 is 24.2 Å². The molecule has 0 saturated carbocycles. The third kappa shape index (κ3) is 7.80. The van der Waals surface area contributed by atoms with Crippen molar-refractivity contribution in [3.05, 3.63) is 77.9 Å². The molecule has 0 fully saturated rings. The highest BCUT2D eigenvalue weighted by molar-refractivity contribution is 6.00. The maximum absolute atomic E-state index is 14.0. The van der Waals surface area contributed by atoms with E-state index in [1.54, 1.807) is 46.8 Å². The Bertz CT molecular complexity index is 1310. The van der Waals surface area contributed by atoms with Gasteiger partial charge in [-0.05, 0) is 67.6 Å². The third-order valence-electron chi connectivity index (χ3n) is 6.29. The number of alkyl carbamates (subject to hydrolysis) is 1. The number of amides is 3. The first-order valence-electron chi connectivity index (χ1n) is 13.2. The molecule has 0 aliphatic heterocycles. The number of rotatable bonds is 9. The minimum absolute atomic E-state index is 0.109. The summed E-state index contributed by atoms with van der Waals surface area (Å²) >= 11 is 0. The van der Waals surface area contributed by atoms with Gasteiger partial charge in [-0.3, -0.25) is 9.59 Å². The standard InChI is InChI=1S/C31H39N3O5/c1-20(2)26(33-30(38)39-31(4,5)6)29(37)34(17-18-35)27(25-14-10-7-11-21(25)3)28(36)32-24-16-15-22-12-8-9-13-23(22)19-24/h7-16,19-20,26-27,35H,17-18H2,1-6H3,(H,32,36)(H,33,38). The molecule has 3 aromatic carbocycles. The van der Waals surface area contributed by atoms with E-state index in [4.69, 9.17) is 4.74 Å². The van der Waals surface area contributed by atoms with Crippen LogP contribution in [0.25, 0.3) is 10.8 Å². The fourth-order valence-corrected chi connectivity index (χ4v) is 4.42. The highest BCUT2D eigenvalue weighted by Crippen LogP contribution is 2.28. The van der Waals surface area contributed by atoms with Gasteiger partial charge < -0.3 is 25.4 Å². The molecular formula is C31H39N3O5. The Labute approximate surface area is 230 Å². The smallest absolute Gasteiger partial charge is 0.408 e. The number of nitrogens with zero attached hydrogens (tertiary/aromatic N) is 1. The molecule has 0 saturated heterocycles. The number of anilines is 1. The second-order valence-electron chi connectivity index (χ2n) is 10.9. The highest BCUT2D eigenvalue weighted by Gasteiger charge is 2.37. The minimum atomic E-state index is -1.06. The molecule has 0 spiro atoms. The lowest BCUT2D eigenvalue weighted by molar-refractivity contribution is -0.142. The molecule has 2 atom stereocenters. The van der Waals surface area contributed by atoms with Gasteiger partial charge in [0, 0.05) is 12.2 Å². The van der Waals surface area contributed by atoms with Crippen molar-refractivity contribution in [1.29, 1.82) is 0 Å². The van der Waals surface area contributed by atoms with Gasteiger partial charge in [-0.2, -0.15) is 0 Å². The van der Waals surface area contributed by atoms with Crippen LogP contribution in [0.15, 0.2) is 66.7 Å². The van der Waals surface area contributed by atoms with Gasteiger partial charge in [-0.15, -0.1) is 0 Å². The molecular weight excluding hydrogens is 494 g/mol. The second kappa shape index (κ2) is 12.8.